The lowest BCUT2D eigenvalue weighted by atomic mass is 10.2. The van der Waals surface area contributed by atoms with Crippen LogP contribution in [0.15, 0.2) is 18.3 Å². The number of carbonyl (C=O) groups excluding carboxylic acids is 1. The second kappa shape index (κ2) is 6.33. The zero-order valence-corrected chi connectivity index (χ0v) is 10.0. The van der Waals surface area contributed by atoms with Crippen LogP contribution in [0.25, 0.3) is 6.08 Å². The second-order valence-corrected chi connectivity index (χ2v) is 3.39. The number of methoxy groups -OCH3 is 1. The van der Waals surface area contributed by atoms with Gasteiger partial charge in [0.1, 0.15) is 0 Å². The molecule has 1 aromatic rings. The first-order valence-electron chi connectivity index (χ1n) is 5.14. The molecule has 0 unspecified atom stereocenters. The Labute approximate surface area is 104 Å². The normalized spacial score (nSPS) is 10.3. The van der Waals surface area contributed by atoms with Crippen molar-refractivity contribution in [3.63, 3.8) is 0 Å². The molecule has 1 aromatic heterocycles. The van der Waals surface area contributed by atoms with Crippen molar-refractivity contribution in [1.29, 1.82) is 0 Å². The first-order chi connectivity index (χ1) is 8.54. The van der Waals surface area contributed by atoms with Crippen molar-refractivity contribution in [2.75, 3.05) is 13.7 Å². The molecule has 1 heterocycles. The van der Waals surface area contributed by atoms with Crippen molar-refractivity contribution in [3.05, 3.63) is 34.0 Å². The Morgan fingerprint density at radius 2 is 2.39 bits per heavy atom. The number of rotatable bonds is 5. The van der Waals surface area contributed by atoms with Crippen molar-refractivity contribution in [2.24, 2.45) is 0 Å². The summed E-state index contributed by atoms with van der Waals surface area (Å²) in [7, 11) is 1.32. The maximum Gasteiger partial charge on any atom is 0.331 e. The molecule has 0 atom stereocenters. The number of carbonyl (C=O) groups is 1. The van der Waals surface area contributed by atoms with Crippen LogP contribution in [0, 0.1) is 10.1 Å². The van der Waals surface area contributed by atoms with E-state index in [0.29, 0.717) is 12.1 Å². The Bertz CT molecular complexity index is 485. The van der Waals surface area contributed by atoms with Gasteiger partial charge in [0.15, 0.2) is 0 Å². The molecular weight excluding hydrogens is 238 g/mol. The van der Waals surface area contributed by atoms with E-state index in [-0.39, 0.29) is 17.5 Å². The lowest BCUT2D eigenvalue weighted by Crippen LogP contribution is -2.19. The Morgan fingerprint density at radius 1 is 1.67 bits per heavy atom. The highest BCUT2D eigenvalue weighted by Crippen LogP contribution is 2.24. The van der Waals surface area contributed by atoms with Gasteiger partial charge >= 0.3 is 5.69 Å². The highest BCUT2D eigenvalue weighted by Gasteiger charge is 2.15. The third-order valence-electron chi connectivity index (χ3n) is 2.02. The highest BCUT2D eigenvalue weighted by molar-refractivity contribution is 5.73. The van der Waals surface area contributed by atoms with Crippen LogP contribution in [0.2, 0.25) is 0 Å². The molecule has 0 aliphatic rings. The van der Waals surface area contributed by atoms with Crippen LogP contribution < -0.4 is 10.1 Å². The van der Waals surface area contributed by atoms with Crippen LogP contribution in [-0.4, -0.2) is 29.5 Å². The van der Waals surface area contributed by atoms with E-state index < -0.39 is 4.92 Å². The summed E-state index contributed by atoms with van der Waals surface area (Å²) in [6, 6.07) is 1.36. The number of hydrogen-bond donors (Lipinski definition) is 1. The van der Waals surface area contributed by atoms with Crippen LogP contribution in [0.5, 0.6) is 5.88 Å². The Balaban J connectivity index is 2.82. The zero-order valence-electron chi connectivity index (χ0n) is 10.0. The van der Waals surface area contributed by atoms with E-state index in [2.05, 4.69) is 10.3 Å². The van der Waals surface area contributed by atoms with Gasteiger partial charge < -0.3 is 10.1 Å². The third-order valence-corrected chi connectivity index (χ3v) is 2.02. The predicted octanol–water partition coefficient (Wildman–Crippen LogP) is 1.15. The number of nitrogens with zero attached hydrogens (tertiary/aromatic N) is 2. The molecule has 1 N–H and O–H groups in total. The molecule has 0 spiro atoms. The van der Waals surface area contributed by atoms with Crippen LogP contribution >= 0.6 is 0 Å². The van der Waals surface area contributed by atoms with Gasteiger partial charge in [0.05, 0.1) is 12.0 Å². The summed E-state index contributed by atoms with van der Waals surface area (Å²) in [5, 5.41) is 13.3. The molecule has 0 saturated heterocycles. The molecule has 7 heteroatoms. The molecule has 1 rings (SSSR count). The van der Waals surface area contributed by atoms with Gasteiger partial charge in [-0.3, -0.25) is 14.9 Å². The van der Waals surface area contributed by atoms with E-state index in [4.69, 9.17) is 4.74 Å². The van der Waals surface area contributed by atoms with E-state index in [1.807, 2.05) is 0 Å². The van der Waals surface area contributed by atoms with Gasteiger partial charge in [-0.25, -0.2) is 4.98 Å². The highest BCUT2D eigenvalue weighted by atomic mass is 16.6. The Kier molecular flexibility index (Phi) is 4.79. The fourth-order valence-corrected chi connectivity index (χ4v) is 1.23. The number of hydrogen-bond acceptors (Lipinski definition) is 5. The van der Waals surface area contributed by atoms with Gasteiger partial charge in [-0.1, -0.05) is 12.2 Å². The first kappa shape index (κ1) is 13.6. The third kappa shape index (κ3) is 3.85. The minimum absolute atomic E-state index is 0.0287. The molecule has 7 nitrogen and oxygen atoms in total. The number of nitrogens with one attached hydrogen (secondary N) is 1. The van der Waals surface area contributed by atoms with Gasteiger partial charge in [0.2, 0.25) is 5.91 Å². The zero-order chi connectivity index (χ0) is 13.5. The minimum Gasteiger partial charge on any atom is -0.476 e. The van der Waals surface area contributed by atoms with Gasteiger partial charge in [0.25, 0.3) is 5.88 Å². The minimum atomic E-state index is -0.559. The first-order valence-corrected chi connectivity index (χ1v) is 5.14. The predicted molar refractivity (Wildman–Crippen MR) is 65.2 cm³/mol. The van der Waals surface area contributed by atoms with E-state index in [9.17, 15) is 14.9 Å². The van der Waals surface area contributed by atoms with Crippen molar-refractivity contribution in [2.45, 2.75) is 6.92 Å². The number of nitro groups is 1. The number of amides is 1. The van der Waals surface area contributed by atoms with Crippen LogP contribution in [-0.2, 0) is 4.79 Å². The number of ether oxygens (including phenoxy) is 1. The molecule has 0 aliphatic carbocycles. The average Bonchev–Trinajstić information content (AvgIpc) is 2.34. The summed E-state index contributed by atoms with van der Waals surface area (Å²) in [5.41, 5.74) is 0.368. The van der Waals surface area contributed by atoms with E-state index >= 15 is 0 Å². The van der Waals surface area contributed by atoms with Crippen molar-refractivity contribution in [3.8, 4) is 5.88 Å². The molecule has 96 valence electrons. The Morgan fingerprint density at radius 3 is 2.94 bits per heavy atom. The molecule has 1 amide bonds. The summed E-state index contributed by atoms with van der Waals surface area (Å²) in [6.07, 6.45) is 4.76. The maximum atomic E-state index is 10.8. The quantitative estimate of drug-likeness (QED) is 0.625. The summed E-state index contributed by atoms with van der Waals surface area (Å²) in [4.78, 5) is 24.6. The maximum absolute atomic E-state index is 10.8. The van der Waals surface area contributed by atoms with E-state index in [1.54, 1.807) is 12.2 Å². The molecule has 0 saturated carbocycles. The van der Waals surface area contributed by atoms with Crippen molar-refractivity contribution < 1.29 is 14.5 Å². The molecule has 0 aliphatic heterocycles. The largest absolute Gasteiger partial charge is 0.476 e. The fourth-order valence-electron chi connectivity index (χ4n) is 1.23. The topological polar surface area (TPSA) is 94.4 Å². The monoisotopic (exact) mass is 251 g/mol. The summed E-state index contributed by atoms with van der Waals surface area (Å²) < 4.78 is 4.78. The van der Waals surface area contributed by atoms with Gasteiger partial charge in [0, 0.05) is 25.7 Å². The molecule has 18 heavy (non-hydrogen) atoms. The molecule has 0 fully saturated rings. The van der Waals surface area contributed by atoms with Crippen LogP contribution in [0.4, 0.5) is 5.69 Å². The Hall–Kier alpha value is -2.44. The SMILES string of the molecule is COc1ncc(C=CCNC(C)=O)cc1[N+](=O)[O-]. The summed E-state index contributed by atoms with van der Waals surface area (Å²) >= 11 is 0. The average molecular weight is 251 g/mol. The van der Waals surface area contributed by atoms with E-state index in [0.717, 1.165) is 0 Å². The molecular formula is C11H13N3O4. The van der Waals surface area contributed by atoms with Crippen molar-refractivity contribution in [1.82, 2.24) is 10.3 Å². The molecule has 0 bridgehead atoms. The van der Waals surface area contributed by atoms with Gasteiger partial charge in [-0.15, -0.1) is 0 Å². The number of aromatic nitrogens is 1. The van der Waals surface area contributed by atoms with E-state index in [1.165, 1.54) is 26.3 Å². The molecule has 0 radical (unpaired) electrons. The standard InChI is InChI=1S/C11H13N3O4/c1-8(15)12-5-3-4-9-6-10(14(16)17)11(18-2)13-7-9/h3-4,6-7H,5H2,1-2H3,(H,12,15). The molecule has 0 aromatic carbocycles. The fraction of sp³-hybridized carbons (Fsp3) is 0.273. The lowest BCUT2D eigenvalue weighted by Gasteiger charge is -2.01. The second-order valence-electron chi connectivity index (χ2n) is 3.39. The summed E-state index contributed by atoms with van der Waals surface area (Å²) in [5.74, 6) is -0.169. The summed E-state index contributed by atoms with van der Waals surface area (Å²) in [6.45, 7) is 1.77. The van der Waals surface area contributed by atoms with Gasteiger partial charge in [-0.2, -0.15) is 0 Å². The van der Waals surface area contributed by atoms with Crippen LogP contribution in [0.1, 0.15) is 12.5 Å². The van der Waals surface area contributed by atoms with Crippen molar-refractivity contribution >= 4 is 17.7 Å². The smallest absolute Gasteiger partial charge is 0.331 e. The number of pyridine rings is 1. The van der Waals surface area contributed by atoms with Crippen LogP contribution in [0.3, 0.4) is 0 Å². The van der Waals surface area contributed by atoms with Gasteiger partial charge in [-0.05, 0) is 5.56 Å². The lowest BCUT2D eigenvalue weighted by molar-refractivity contribution is -0.386.